The predicted octanol–water partition coefficient (Wildman–Crippen LogP) is 2.19. The smallest absolute Gasteiger partial charge is 0.174 e. The lowest BCUT2D eigenvalue weighted by atomic mass is 9.87. The second kappa shape index (κ2) is 5.00. The van der Waals surface area contributed by atoms with Crippen molar-refractivity contribution in [3.63, 3.8) is 0 Å². The summed E-state index contributed by atoms with van der Waals surface area (Å²) >= 11 is 0. The third-order valence-electron chi connectivity index (χ3n) is 3.08. The van der Waals surface area contributed by atoms with Crippen LogP contribution in [0.25, 0.3) is 0 Å². The Morgan fingerprint density at radius 3 is 3.19 bits per heavy atom. The summed E-state index contributed by atoms with van der Waals surface area (Å²) in [5.41, 5.74) is 2.72. The molecule has 1 aromatic rings. The van der Waals surface area contributed by atoms with Crippen LogP contribution < -0.4 is 10.1 Å². The average Bonchev–Trinajstić information content (AvgIpc) is 2.35. The van der Waals surface area contributed by atoms with Crippen LogP contribution in [-0.2, 0) is 6.42 Å². The molecule has 0 bridgehead atoms. The largest absolute Gasteiger partial charge is 0.479 e. The molecule has 3 nitrogen and oxygen atoms in total. The first-order chi connectivity index (χ1) is 7.85. The quantitative estimate of drug-likeness (QED) is 0.842. The van der Waals surface area contributed by atoms with E-state index in [0.29, 0.717) is 6.04 Å². The normalized spacial score (nSPS) is 18.6. The zero-order valence-corrected chi connectivity index (χ0v) is 9.49. The van der Waals surface area contributed by atoms with Crippen LogP contribution in [0, 0.1) is 11.3 Å². The highest BCUT2D eigenvalue weighted by atomic mass is 16.5. The van der Waals surface area contributed by atoms with Gasteiger partial charge >= 0.3 is 0 Å². The molecule has 16 heavy (non-hydrogen) atoms. The molecule has 0 amide bonds. The molecule has 84 valence electrons. The van der Waals surface area contributed by atoms with E-state index >= 15 is 0 Å². The summed E-state index contributed by atoms with van der Waals surface area (Å²) in [5, 5.41) is 11.8. The van der Waals surface area contributed by atoms with Crippen LogP contribution in [0.5, 0.6) is 5.75 Å². The van der Waals surface area contributed by atoms with Crippen molar-refractivity contribution in [3.05, 3.63) is 29.3 Å². The van der Waals surface area contributed by atoms with Gasteiger partial charge in [0.25, 0.3) is 0 Å². The van der Waals surface area contributed by atoms with Gasteiger partial charge in [0.2, 0.25) is 0 Å². The van der Waals surface area contributed by atoms with E-state index in [-0.39, 0.29) is 6.61 Å². The zero-order valence-electron chi connectivity index (χ0n) is 9.49. The van der Waals surface area contributed by atoms with E-state index in [9.17, 15) is 0 Å². The summed E-state index contributed by atoms with van der Waals surface area (Å²) < 4.78 is 5.31. The van der Waals surface area contributed by atoms with Gasteiger partial charge in [-0.05, 0) is 49.6 Å². The number of benzene rings is 1. The van der Waals surface area contributed by atoms with Crippen molar-refractivity contribution in [1.29, 1.82) is 5.26 Å². The minimum Gasteiger partial charge on any atom is -0.479 e. The third-order valence-corrected chi connectivity index (χ3v) is 3.08. The van der Waals surface area contributed by atoms with Gasteiger partial charge in [0.05, 0.1) is 0 Å². The van der Waals surface area contributed by atoms with Crippen molar-refractivity contribution < 1.29 is 4.74 Å². The first-order valence-electron chi connectivity index (χ1n) is 5.65. The Morgan fingerprint density at radius 2 is 2.44 bits per heavy atom. The molecule has 1 aromatic carbocycles. The van der Waals surface area contributed by atoms with Crippen molar-refractivity contribution in [3.8, 4) is 11.8 Å². The zero-order chi connectivity index (χ0) is 11.4. The summed E-state index contributed by atoms with van der Waals surface area (Å²) in [6.45, 7) is 0.119. The molecule has 1 aliphatic carbocycles. The second-order valence-corrected chi connectivity index (χ2v) is 4.04. The highest BCUT2D eigenvalue weighted by molar-refractivity contribution is 5.39. The van der Waals surface area contributed by atoms with E-state index in [2.05, 4.69) is 17.4 Å². The maximum atomic E-state index is 8.46. The van der Waals surface area contributed by atoms with Gasteiger partial charge in [-0.2, -0.15) is 5.26 Å². The van der Waals surface area contributed by atoms with Gasteiger partial charge in [-0.3, -0.25) is 0 Å². The van der Waals surface area contributed by atoms with Crippen molar-refractivity contribution in [2.45, 2.75) is 25.3 Å². The van der Waals surface area contributed by atoms with Crippen molar-refractivity contribution in [2.24, 2.45) is 0 Å². The number of nitrogens with zero attached hydrogens (tertiary/aromatic N) is 1. The van der Waals surface area contributed by atoms with E-state index in [1.54, 1.807) is 0 Å². The molecule has 0 saturated carbocycles. The van der Waals surface area contributed by atoms with Crippen LogP contribution in [0.1, 0.15) is 30.0 Å². The van der Waals surface area contributed by atoms with Gasteiger partial charge in [-0.15, -0.1) is 0 Å². The molecule has 1 unspecified atom stereocenters. The van der Waals surface area contributed by atoms with Gasteiger partial charge in [0.1, 0.15) is 11.8 Å². The summed E-state index contributed by atoms with van der Waals surface area (Å²) in [6, 6.07) is 8.58. The minimum atomic E-state index is 0.119. The van der Waals surface area contributed by atoms with E-state index in [1.807, 2.05) is 19.2 Å². The number of nitrogens with one attached hydrogen (secondary N) is 1. The molecule has 1 N–H and O–H groups in total. The SMILES string of the molecule is CNC1CCCc2cc(OCC#N)ccc21. The lowest BCUT2D eigenvalue weighted by Gasteiger charge is -2.25. The molecule has 1 atom stereocenters. The monoisotopic (exact) mass is 216 g/mol. The molecular weight excluding hydrogens is 200 g/mol. The lowest BCUT2D eigenvalue weighted by molar-refractivity contribution is 0.366. The Morgan fingerprint density at radius 1 is 1.56 bits per heavy atom. The van der Waals surface area contributed by atoms with Gasteiger partial charge in [0.15, 0.2) is 6.61 Å². The van der Waals surface area contributed by atoms with Crippen molar-refractivity contribution >= 4 is 0 Å². The highest BCUT2D eigenvalue weighted by Gasteiger charge is 2.18. The van der Waals surface area contributed by atoms with E-state index in [4.69, 9.17) is 10.00 Å². The number of hydrogen-bond donors (Lipinski definition) is 1. The van der Waals surface area contributed by atoms with Crippen LogP contribution in [-0.4, -0.2) is 13.7 Å². The summed E-state index contributed by atoms with van der Waals surface area (Å²) in [5.74, 6) is 0.803. The first kappa shape index (κ1) is 11.0. The Balaban J connectivity index is 2.22. The van der Waals surface area contributed by atoms with E-state index < -0.39 is 0 Å². The number of ether oxygens (including phenoxy) is 1. The van der Waals surface area contributed by atoms with Crippen LogP contribution in [0.2, 0.25) is 0 Å². The van der Waals surface area contributed by atoms with Gasteiger partial charge < -0.3 is 10.1 Å². The number of hydrogen-bond acceptors (Lipinski definition) is 3. The molecule has 0 spiro atoms. The Bertz CT molecular complexity index is 409. The van der Waals surface area contributed by atoms with Gasteiger partial charge in [-0.1, -0.05) is 6.07 Å². The fourth-order valence-corrected chi connectivity index (χ4v) is 2.30. The Labute approximate surface area is 96.0 Å². The summed E-state index contributed by atoms with van der Waals surface area (Å²) in [6.07, 6.45) is 3.51. The molecule has 0 aliphatic heterocycles. The van der Waals surface area contributed by atoms with Gasteiger partial charge in [0, 0.05) is 6.04 Å². The molecule has 3 heteroatoms. The Kier molecular flexibility index (Phi) is 3.43. The van der Waals surface area contributed by atoms with Crippen LogP contribution in [0.3, 0.4) is 0 Å². The van der Waals surface area contributed by atoms with E-state index in [1.165, 1.54) is 24.0 Å². The Hall–Kier alpha value is -1.53. The molecular formula is C13H16N2O. The molecule has 1 aliphatic rings. The number of rotatable bonds is 3. The standard InChI is InChI=1S/C13H16N2O/c1-15-13-4-2-3-10-9-11(16-8-7-14)5-6-12(10)13/h5-6,9,13,15H,2-4,8H2,1H3. The van der Waals surface area contributed by atoms with Crippen molar-refractivity contribution in [2.75, 3.05) is 13.7 Å². The molecule has 0 heterocycles. The minimum absolute atomic E-state index is 0.119. The first-order valence-corrected chi connectivity index (χ1v) is 5.65. The van der Waals surface area contributed by atoms with Crippen LogP contribution in [0.4, 0.5) is 0 Å². The van der Waals surface area contributed by atoms with Crippen LogP contribution >= 0.6 is 0 Å². The summed E-state index contributed by atoms with van der Waals surface area (Å²) in [4.78, 5) is 0. The fourth-order valence-electron chi connectivity index (χ4n) is 2.30. The second-order valence-electron chi connectivity index (χ2n) is 4.04. The van der Waals surface area contributed by atoms with Crippen molar-refractivity contribution in [1.82, 2.24) is 5.32 Å². The van der Waals surface area contributed by atoms with E-state index in [0.717, 1.165) is 12.2 Å². The highest BCUT2D eigenvalue weighted by Crippen LogP contribution is 2.31. The average molecular weight is 216 g/mol. The molecule has 0 aromatic heterocycles. The maximum absolute atomic E-state index is 8.46. The molecule has 2 rings (SSSR count). The fraction of sp³-hybridized carbons (Fsp3) is 0.462. The summed E-state index contributed by atoms with van der Waals surface area (Å²) in [7, 11) is 2.00. The van der Waals surface area contributed by atoms with Crippen LogP contribution in [0.15, 0.2) is 18.2 Å². The lowest BCUT2D eigenvalue weighted by Crippen LogP contribution is -2.21. The third kappa shape index (κ3) is 2.17. The topological polar surface area (TPSA) is 45.0 Å². The molecule has 0 fully saturated rings. The number of fused-ring (bicyclic) bond motifs is 1. The molecule has 0 radical (unpaired) electrons. The number of aryl methyl sites for hydroxylation is 1. The van der Waals surface area contributed by atoms with Gasteiger partial charge in [-0.25, -0.2) is 0 Å². The predicted molar refractivity (Wildman–Crippen MR) is 62.3 cm³/mol. The molecule has 0 saturated heterocycles. The number of nitriles is 1. The maximum Gasteiger partial charge on any atom is 0.174 e.